The molecule has 1 heterocycles. The van der Waals surface area contributed by atoms with Gasteiger partial charge in [0.15, 0.2) is 0 Å². The lowest BCUT2D eigenvalue weighted by Gasteiger charge is -2.24. The number of hydrogen-bond donors (Lipinski definition) is 0. The molecular formula is C21H31NO2. The molecule has 0 amide bonds. The summed E-state index contributed by atoms with van der Waals surface area (Å²) in [5.74, 6) is 0.242. The van der Waals surface area contributed by atoms with Gasteiger partial charge in [0.05, 0.1) is 6.61 Å². The first-order valence-electron chi connectivity index (χ1n) is 9.14. The Balaban J connectivity index is 2.07. The van der Waals surface area contributed by atoms with Crippen LogP contribution in [0.3, 0.4) is 0 Å². The maximum absolute atomic E-state index is 12.4. The number of carbonyl (C=O) groups is 1. The first-order chi connectivity index (χ1) is 11.4. The Morgan fingerprint density at radius 2 is 2.00 bits per heavy atom. The molecule has 3 heteroatoms. The number of anilines is 1. The molecule has 0 spiro atoms. The zero-order valence-electron chi connectivity index (χ0n) is 15.8. The number of allylic oxidation sites excluding steroid dienone is 1. The fraction of sp³-hybridized carbons (Fsp3) is 0.571. The molecule has 1 unspecified atom stereocenters. The fourth-order valence-electron chi connectivity index (χ4n) is 3.51. The number of benzene rings is 1. The SMILES string of the molecule is CCCCC(CC)COC(=O)/C=C1/N(C)c2ccccc2C1(C)C. The van der Waals surface area contributed by atoms with Gasteiger partial charge in [0.25, 0.3) is 0 Å². The Labute approximate surface area is 146 Å². The molecule has 1 aromatic rings. The smallest absolute Gasteiger partial charge is 0.332 e. The molecule has 0 aromatic heterocycles. The van der Waals surface area contributed by atoms with Crippen molar-refractivity contribution in [3.63, 3.8) is 0 Å². The van der Waals surface area contributed by atoms with Crippen LogP contribution in [0.5, 0.6) is 0 Å². The summed E-state index contributed by atoms with van der Waals surface area (Å²) in [6.45, 7) is 9.20. The van der Waals surface area contributed by atoms with Crippen molar-refractivity contribution in [3.05, 3.63) is 41.6 Å². The Bertz CT molecular complexity index is 604. The van der Waals surface area contributed by atoms with Gasteiger partial charge in [-0.3, -0.25) is 0 Å². The molecular weight excluding hydrogens is 298 g/mol. The van der Waals surface area contributed by atoms with Crippen molar-refractivity contribution in [1.29, 1.82) is 0 Å². The fourth-order valence-corrected chi connectivity index (χ4v) is 3.51. The van der Waals surface area contributed by atoms with Gasteiger partial charge >= 0.3 is 5.97 Å². The molecule has 132 valence electrons. The Hall–Kier alpha value is -1.77. The van der Waals surface area contributed by atoms with Gasteiger partial charge in [-0.05, 0) is 24.0 Å². The first-order valence-corrected chi connectivity index (χ1v) is 9.14. The van der Waals surface area contributed by atoms with Crippen molar-refractivity contribution >= 4 is 11.7 Å². The van der Waals surface area contributed by atoms with E-state index in [-0.39, 0.29) is 11.4 Å². The second-order valence-electron chi connectivity index (χ2n) is 7.28. The zero-order chi connectivity index (χ0) is 17.7. The van der Waals surface area contributed by atoms with Gasteiger partial charge in [-0.15, -0.1) is 0 Å². The van der Waals surface area contributed by atoms with Crippen LogP contribution in [0.1, 0.15) is 58.9 Å². The molecule has 2 rings (SSSR count). The number of ether oxygens (including phenoxy) is 1. The van der Waals surface area contributed by atoms with Crippen molar-refractivity contribution in [2.75, 3.05) is 18.6 Å². The average Bonchev–Trinajstić information content (AvgIpc) is 2.76. The maximum atomic E-state index is 12.4. The molecule has 0 radical (unpaired) electrons. The summed E-state index contributed by atoms with van der Waals surface area (Å²) in [6, 6.07) is 8.32. The topological polar surface area (TPSA) is 29.5 Å². The van der Waals surface area contributed by atoms with Gasteiger partial charge in [0.1, 0.15) is 0 Å². The third kappa shape index (κ3) is 3.82. The number of esters is 1. The molecule has 0 saturated carbocycles. The minimum atomic E-state index is -0.229. The first kappa shape index (κ1) is 18.6. The number of likely N-dealkylation sites (N-methyl/N-ethyl adjacent to an activating group) is 1. The monoisotopic (exact) mass is 329 g/mol. The third-order valence-electron chi connectivity index (χ3n) is 5.20. The van der Waals surface area contributed by atoms with Crippen LogP contribution in [0.25, 0.3) is 0 Å². The van der Waals surface area contributed by atoms with Gasteiger partial charge in [-0.25, -0.2) is 4.79 Å². The maximum Gasteiger partial charge on any atom is 0.332 e. The largest absolute Gasteiger partial charge is 0.462 e. The van der Waals surface area contributed by atoms with E-state index >= 15 is 0 Å². The summed E-state index contributed by atoms with van der Waals surface area (Å²) >= 11 is 0. The zero-order valence-corrected chi connectivity index (χ0v) is 15.8. The number of nitrogens with zero attached hydrogens (tertiary/aromatic N) is 1. The van der Waals surface area contributed by atoms with Gasteiger partial charge in [0, 0.05) is 29.9 Å². The number of unbranched alkanes of at least 4 members (excludes halogenated alkanes) is 1. The molecule has 1 aliphatic rings. The van der Waals surface area contributed by atoms with Crippen LogP contribution in [0.2, 0.25) is 0 Å². The standard InChI is InChI=1S/C21H31NO2/c1-6-8-11-16(7-2)15-24-20(23)14-19-21(3,4)17-12-9-10-13-18(17)22(19)5/h9-10,12-14,16H,6-8,11,15H2,1-5H3/b19-14+. The quantitative estimate of drug-likeness (QED) is 0.517. The van der Waals surface area contributed by atoms with E-state index < -0.39 is 0 Å². The van der Waals surface area contributed by atoms with Gasteiger partial charge in [0.2, 0.25) is 0 Å². The molecule has 1 aliphatic heterocycles. The van der Waals surface area contributed by atoms with E-state index in [0.717, 1.165) is 24.2 Å². The van der Waals surface area contributed by atoms with Crippen molar-refractivity contribution in [2.24, 2.45) is 5.92 Å². The lowest BCUT2D eigenvalue weighted by atomic mass is 9.84. The molecule has 1 atom stereocenters. The van der Waals surface area contributed by atoms with E-state index in [1.807, 2.05) is 13.1 Å². The van der Waals surface area contributed by atoms with Crippen LogP contribution >= 0.6 is 0 Å². The van der Waals surface area contributed by atoms with Crippen molar-refractivity contribution in [1.82, 2.24) is 0 Å². The normalized spacial score (nSPS) is 18.5. The van der Waals surface area contributed by atoms with E-state index in [1.165, 1.54) is 18.4 Å². The Morgan fingerprint density at radius 1 is 1.29 bits per heavy atom. The Morgan fingerprint density at radius 3 is 2.62 bits per heavy atom. The van der Waals surface area contributed by atoms with Gasteiger partial charge in [-0.2, -0.15) is 0 Å². The van der Waals surface area contributed by atoms with Crippen LogP contribution in [-0.4, -0.2) is 19.6 Å². The number of rotatable bonds is 7. The van der Waals surface area contributed by atoms with E-state index in [2.05, 4.69) is 50.8 Å². The molecule has 24 heavy (non-hydrogen) atoms. The van der Waals surface area contributed by atoms with Crippen LogP contribution in [-0.2, 0) is 14.9 Å². The van der Waals surface area contributed by atoms with Gasteiger partial charge < -0.3 is 9.64 Å². The highest BCUT2D eigenvalue weighted by Gasteiger charge is 2.38. The Kier molecular flexibility index (Phi) is 6.09. The summed E-state index contributed by atoms with van der Waals surface area (Å²) in [7, 11) is 2.02. The second kappa shape index (κ2) is 7.87. The van der Waals surface area contributed by atoms with Gasteiger partial charge in [-0.1, -0.05) is 65.2 Å². The second-order valence-corrected chi connectivity index (χ2v) is 7.28. The van der Waals surface area contributed by atoms with E-state index in [0.29, 0.717) is 12.5 Å². The summed E-state index contributed by atoms with van der Waals surface area (Å²) in [6.07, 6.45) is 6.24. The number of fused-ring (bicyclic) bond motifs is 1. The van der Waals surface area contributed by atoms with Crippen molar-refractivity contribution in [2.45, 2.75) is 58.8 Å². The number of para-hydroxylation sites is 1. The predicted octanol–water partition coefficient (Wildman–Crippen LogP) is 5.06. The molecule has 0 N–H and O–H groups in total. The molecule has 3 nitrogen and oxygen atoms in total. The highest BCUT2D eigenvalue weighted by atomic mass is 16.5. The summed E-state index contributed by atoms with van der Waals surface area (Å²) in [5, 5.41) is 0. The average molecular weight is 329 g/mol. The van der Waals surface area contributed by atoms with E-state index in [9.17, 15) is 4.79 Å². The predicted molar refractivity (Wildman–Crippen MR) is 100 cm³/mol. The minimum absolute atomic E-state index is 0.184. The van der Waals surface area contributed by atoms with E-state index in [1.54, 1.807) is 6.08 Å². The number of hydrogen-bond acceptors (Lipinski definition) is 3. The van der Waals surface area contributed by atoms with Crippen LogP contribution in [0.15, 0.2) is 36.0 Å². The lowest BCUT2D eigenvalue weighted by molar-refractivity contribution is -0.139. The molecule has 0 bridgehead atoms. The number of carbonyl (C=O) groups excluding carboxylic acids is 1. The summed E-state index contributed by atoms with van der Waals surface area (Å²) < 4.78 is 5.55. The minimum Gasteiger partial charge on any atom is -0.462 e. The van der Waals surface area contributed by atoms with Crippen LogP contribution in [0, 0.1) is 5.92 Å². The van der Waals surface area contributed by atoms with Crippen molar-refractivity contribution in [3.8, 4) is 0 Å². The summed E-state index contributed by atoms with van der Waals surface area (Å²) in [4.78, 5) is 14.5. The lowest BCUT2D eigenvalue weighted by Crippen LogP contribution is -2.24. The highest BCUT2D eigenvalue weighted by Crippen LogP contribution is 2.46. The third-order valence-corrected chi connectivity index (χ3v) is 5.20. The molecule has 0 fully saturated rings. The van der Waals surface area contributed by atoms with Crippen LogP contribution in [0.4, 0.5) is 5.69 Å². The molecule has 1 aromatic carbocycles. The van der Waals surface area contributed by atoms with E-state index in [4.69, 9.17) is 4.74 Å². The summed E-state index contributed by atoms with van der Waals surface area (Å²) in [5.41, 5.74) is 3.23. The molecule has 0 aliphatic carbocycles. The highest BCUT2D eigenvalue weighted by molar-refractivity contribution is 5.86. The van der Waals surface area contributed by atoms with Crippen LogP contribution < -0.4 is 4.90 Å². The van der Waals surface area contributed by atoms with Crippen molar-refractivity contribution < 1.29 is 9.53 Å². The molecule has 0 saturated heterocycles.